The van der Waals surface area contributed by atoms with Gasteiger partial charge in [0.1, 0.15) is 0 Å². The van der Waals surface area contributed by atoms with Crippen LogP contribution in [0.15, 0.2) is 200 Å². The van der Waals surface area contributed by atoms with Crippen molar-refractivity contribution in [1.29, 1.82) is 0 Å². The maximum atomic E-state index is 5.11. The van der Waals surface area contributed by atoms with Gasteiger partial charge in [-0.3, -0.25) is 0 Å². The van der Waals surface area contributed by atoms with Gasteiger partial charge in [-0.15, -0.1) is 0 Å². The smallest absolute Gasteiger partial charge is 0.0715 e. The van der Waals surface area contributed by atoms with Crippen LogP contribution >= 0.6 is 0 Å². The lowest BCUT2D eigenvalue weighted by molar-refractivity contribution is 1.18. The molecule has 0 saturated carbocycles. The number of para-hydroxylation sites is 4. The molecule has 0 atom stereocenters. The average molecular weight is 688 g/mol. The normalized spacial score (nSPS) is 11.7. The molecule has 0 radical (unpaired) electrons. The third kappa shape index (κ3) is 4.79. The van der Waals surface area contributed by atoms with Crippen molar-refractivity contribution in [1.82, 2.24) is 14.1 Å². The van der Waals surface area contributed by atoms with E-state index in [1.54, 1.807) is 0 Å². The van der Waals surface area contributed by atoms with E-state index < -0.39 is 0 Å². The Hall–Kier alpha value is -7.23. The van der Waals surface area contributed by atoms with Crippen LogP contribution in [0.2, 0.25) is 0 Å². The van der Waals surface area contributed by atoms with Gasteiger partial charge in [-0.1, -0.05) is 127 Å². The molecule has 0 bridgehead atoms. The van der Waals surface area contributed by atoms with E-state index in [9.17, 15) is 0 Å². The van der Waals surface area contributed by atoms with Crippen LogP contribution in [0.1, 0.15) is 0 Å². The lowest BCUT2D eigenvalue weighted by Crippen LogP contribution is -1.94. The molecule has 0 aliphatic carbocycles. The first-order valence-electron chi connectivity index (χ1n) is 18.5. The standard InChI is InChI=1S/C51H33N3/c1-3-13-34(14-4-1)43-33-47(52-46-20-10-7-17-40(43)46)35-23-27-39(28-24-35)54-49-22-12-9-19-42(49)45-32-37(26-30-51(45)54)36-25-29-50-44(31-36)41-18-8-11-21-48(41)53(50)38-15-5-2-6-16-38/h1-33H. The van der Waals surface area contributed by atoms with Gasteiger partial charge in [0, 0.05) is 43.9 Å². The fourth-order valence-corrected chi connectivity index (χ4v) is 8.40. The van der Waals surface area contributed by atoms with Gasteiger partial charge < -0.3 is 9.13 Å². The summed E-state index contributed by atoms with van der Waals surface area (Å²) in [5.41, 5.74) is 14.9. The fraction of sp³-hybridized carbons (Fsp3) is 0. The summed E-state index contributed by atoms with van der Waals surface area (Å²) in [5, 5.41) is 6.15. The number of hydrogen-bond donors (Lipinski definition) is 0. The number of aromatic nitrogens is 3. The third-order valence-electron chi connectivity index (χ3n) is 10.9. The summed E-state index contributed by atoms with van der Waals surface area (Å²) in [7, 11) is 0. The van der Waals surface area contributed by atoms with E-state index in [0.717, 1.165) is 27.8 Å². The summed E-state index contributed by atoms with van der Waals surface area (Å²) in [6.07, 6.45) is 0. The van der Waals surface area contributed by atoms with Gasteiger partial charge in [0.05, 0.1) is 33.3 Å². The Balaban J connectivity index is 1.02. The molecule has 11 rings (SSSR count). The van der Waals surface area contributed by atoms with Gasteiger partial charge >= 0.3 is 0 Å². The van der Waals surface area contributed by atoms with E-state index in [2.05, 4.69) is 209 Å². The van der Waals surface area contributed by atoms with E-state index >= 15 is 0 Å². The van der Waals surface area contributed by atoms with Crippen LogP contribution in [0.25, 0.3) is 99.4 Å². The zero-order chi connectivity index (χ0) is 35.6. The molecule has 0 amide bonds. The summed E-state index contributed by atoms with van der Waals surface area (Å²) in [4.78, 5) is 5.11. The van der Waals surface area contributed by atoms with Crippen LogP contribution in [0.3, 0.4) is 0 Å². The minimum Gasteiger partial charge on any atom is -0.309 e. The molecule has 0 unspecified atom stereocenters. The number of fused-ring (bicyclic) bond motifs is 7. The number of nitrogens with zero attached hydrogens (tertiary/aromatic N) is 3. The Kier molecular flexibility index (Phi) is 6.86. The van der Waals surface area contributed by atoms with Crippen molar-refractivity contribution < 1.29 is 0 Å². The second kappa shape index (κ2) is 12.2. The number of rotatable bonds is 5. The molecule has 0 aliphatic heterocycles. The number of benzene rings is 8. The summed E-state index contributed by atoms with van der Waals surface area (Å²) in [6.45, 7) is 0. The second-order valence-corrected chi connectivity index (χ2v) is 14.0. The van der Waals surface area contributed by atoms with Gasteiger partial charge in [-0.2, -0.15) is 0 Å². The fourth-order valence-electron chi connectivity index (χ4n) is 8.40. The lowest BCUT2D eigenvalue weighted by Gasteiger charge is -2.12. The van der Waals surface area contributed by atoms with E-state index in [1.165, 1.54) is 71.6 Å². The van der Waals surface area contributed by atoms with Gasteiger partial charge in [-0.25, -0.2) is 4.98 Å². The van der Waals surface area contributed by atoms with Crippen LogP contribution < -0.4 is 0 Å². The van der Waals surface area contributed by atoms with Crippen molar-refractivity contribution in [3.8, 4) is 44.9 Å². The maximum absolute atomic E-state index is 5.11. The first kappa shape index (κ1) is 30.4. The highest BCUT2D eigenvalue weighted by molar-refractivity contribution is 6.12. The molecular formula is C51H33N3. The van der Waals surface area contributed by atoms with E-state index in [1.807, 2.05) is 0 Å². The van der Waals surface area contributed by atoms with Gasteiger partial charge in [0.2, 0.25) is 0 Å². The Bertz CT molecular complexity index is 3190. The van der Waals surface area contributed by atoms with Crippen molar-refractivity contribution in [2.75, 3.05) is 0 Å². The van der Waals surface area contributed by atoms with E-state index in [4.69, 9.17) is 4.98 Å². The topological polar surface area (TPSA) is 22.8 Å². The van der Waals surface area contributed by atoms with E-state index in [-0.39, 0.29) is 0 Å². The largest absolute Gasteiger partial charge is 0.309 e. The third-order valence-corrected chi connectivity index (χ3v) is 10.9. The van der Waals surface area contributed by atoms with Gasteiger partial charge in [0.15, 0.2) is 0 Å². The number of hydrogen-bond acceptors (Lipinski definition) is 1. The van der Waals surface area contributed by atoms with Crippen molar-refractivity contribution >= 4 is 54.5 Å². The molecule has 252 valence electrons. The van der Waals surface area contributed by atoms with Gasteiger partial charge in [-0.05, 0) is 95.1 Å². The molecule has 3 nitrogen and oxygen atoms in total. The van der Waals surface area contributed by atoms with Crippen LogP contribution in [0.4, 0.5) is 0 Å². The Morgan fingerprint density at radius 1 is 0.296 bits per heavy atom. The molecule has 0 aliphatic rings. The molecule has 0 N–H and O–H groups in total. The SMILES string of the molecule is c1ccc(-c2cc(-c3ccc(-n4c5ccccc5c5cc(-c6ccc7c(c6)c6ccccc6n7-c6ccccc6)ccc54)cc3)nc3ccccc23)cc1. The first-order valence-corrected chi connectivity index (χ1v) is 18.5. The highest BCUT2D eigenvalue weighted by Crippen LogP contribution is 2.39. The highest BCUT2D eigenvalue weighted by atomic mass is 15.0. The highest BCUT2D eigenvalue weighted by Gasteiger charge is 2.17. The molecule has 54 heavy (non-hydrogen) atoms. The Labute approximate surface area is 312 Å². The summed E-state index contributed by atoms with van der Waals surface area (Å²) in [5.74, 6) is 0. The molecule has 8 aromatic carbocycles. The van der Waals surface area contributed by atoms with Crippen molar-refractivity contribution in [2.45, 2.75) is 0 Å². The van der Waals surface area contributed by atoms with Crippen LogP contribution in [-0.4, -0.2) is 14.1 Å². The molecule has 3 heterocycles. The van der Waals surface area contributed by atoms with Crippen molar-refractivity contribution in [2.24, 2.45) is 0 Å². The average Bonchev–Trinajstić information content (AvgIpc) is 3.76. The van der Waals surface area contributed by atoms with Crippen LogP contribution in [-0.2, 0) is 0 Å². The summed E-state index contributed by atoms with van der Waals surface area (Å²) in [6, 6.07) is 72.0. The minimum atomic E-state index is 0.967. The predicted molar refractivity (Wildman–Crippen MR) is 227 cm³/mol. The van der Waals surface area contributed by atoms with Crippen LogP contribution in [0, 0.1) is 0 Å². The Morgan fingerprint density at radius 2 is 0.759 bits per heavy atom. The van der Waals surface area contributed by atoms with Crippen molar-refractivity contribution in [3.05, 3.63) is 200 Å². The molecule has 0 spiro atoms. The first-order chi connectivity index (χ1) is 26.8. The molecule has 3 heteroatoms. The molecule has 11 aromatic rings. The Morgan fingerprint density at radius 3 is 1.37 bits per heavy atom. The number of pyridine rings is 1. The van der Waals surface area contributed by atoms with Crippen LogP contribution in [0.5, 0.6) is 0 Å². The minimum absolute atomic E-state index is 0.967. The zero-order valence-electron chi connectivity index (χ0n) is 29.4. The van der Waals surface area contributed by atoms with E-state index in [0.29, 0.717) is 0 Å². The zero-order valence-corrected chi connectivity index (χ0v) is 29.4. The lowest BCUT2D eigenvalue weighted by atomic mass is 9.98. The summed E-state index contributed by atoms with van der Waals surface area (Å²) < 4.78 is 4.76. The summed E-state index contributed by atoms with van der Waals surface area (Å²) >= 11 is 0. The molecule has 3 aromatic heterocycles. The quantitative estimate of drug-likeness (QED) is 0.177. The second-order valence-electron chi connectivity index (χ2n) is 14.0. The molecule has 0 saturated heterocycles. The van der Waals surface area contributed by atoms with Gasteiger partial charge in [0.25, 0.3) is 0 Å². The predicted octanol–water partition coefficient (Wildman–Crippen LogP) is 13.4. The molecular weight excluding hydrogens is 655 g/mol. The monoisotopic (exact) mass is 687 g/mol. The maximum Gasteiger partial charge on any atom is 0.0715 e. The molecule has 0 fully saturated rings. The van der Waals surface area contributed by atoms with Crippen molar-refractivity contribution in [3.63, 3.8) is 0 Å².